The lowest BCUT2D eigenvalue weighted by molar-refractivity contribution is -0.139. The summed E-state index contributed by atoms with van der Waals surface area (Å²) in [6, 6.07) is 6.56. The number of carbonyl (C=O) groups is 3. The van der Waals surface area contributed by atoms with Crippen LogP contribution in [0.15, 0.2) is 24.3 Å². The van der Waals surface area contributed by atoms with Gasteiger partial charge in [0.2, 0.25) is 0 Å². The quantitative estimate of drug-likeness (QED) is 0.413. The molecule has 0 aliphatic carbocycles. The third-order valence-corrected chi connectivity index (χ3v) is 5.98. The number of aliphatic carboxylic acids is 1. The highest BCUT2D eigenvalue weighted by molar-refractivity contribution is 6.07. The standard InChI is InChI=1S/C27H33N3O7/c1-7-36-21-10-16-12-30(25(28)17(16)11-18(21)26(34)29-5)13-20(31)15-8-19(27(2,3)4)24(35-6)22(9-15)37-14-23(32)33/h8-11,28H,7,12-14H2,1-6H3,(H,29,34)(H,32,33). The molecule has 2 aromatic carbocycles. The first kappa shape index (κ1) is 27.5. The number of amidine groups is 1. The molecule has 1 aliphatic rings. The van der Waals surface area contributed by atoms with Gasteiger partial charge >= 0.3 is 5.97 Å². The molecule has 10 heteroatoms. The largest absolute Gasteiger partial charge is 0.493 e. The Kier molecular flexibility index (Phi) is 8.10. The van der Waals surface area contributed by atoms with Gasteiger partial charge in [0.1, 0.15) is 11.6 Å². The summed E-state index contributed by atoms with van der Waals surface area (Å²) in [6.07, 6.45) is 0. The van der Waals surface area contributed by atoms with E-state index in [0.717, 1.165) is 5.56 Å². The van der Waals surface area contributed by atoms with Crippen molar-refractivity contribution < 1.29 is 33.7 Å². The number of carbonyl (C=O) groups excluding carboxylic acids is 2. The number of nitrogens with zero attached hydrogens (tertiary/aromatic N) is 1. The van der Waals surface area contributed by atoms with Crippen molar-refractivity contribution in [2.45, 2.75) is 39.7 Å². The Labute approximate surface area is 216 Å². The molecule has 3 N–H and O–H groups in total. The number of carboxylic acids is 1. The molecule has 0 saturated heterocycles. The maximum atomic E-state index is 13.4. The average molecular weight is 512 g/mol. The summed E-state index contributed by atoms with van der Waals surface area (Å²) < 4.78 is 16.6. The van der Waals surface area contributed by atoms with Crippen molar-refractivity contribution in [2.24, 2.45) is 0 Å². The number of benzene rings is 2. The molecule has 3 rings (SSSR count). The number of carboxylic acid groups (broad SMARTS) is 1. The van der Waals surface area contributed by atoms with E-state index in [1.807, 2.05) is 27.7 Å². The smallest absolute Gasteiger partial charge is 0.341 e. The fourth-order valence-electron chi connectivity index (χ4n) is 4.19. The van der Waals surface area contributed by atoms with E-state index >= 15 is 0 Å². The maximum absolute atomic E-state index is 13.4. The summed E-state index contributed by atoms with van der Waals surface area (Å²) in [7, 11) is 2.99. The van der Waals surface area contributed by atoms with Crippen molar-refractivity contribution in [3.63, 3.8) is 0 Å². The Morgan fingerprint density at radius 1 is 1.11 bits per heavy atom. The fourth-order valence-corrected chi connectivity index (χ4v) is 4.19. The van der Waals surface area contributed by atoms with Crippen LogP contribution in [0, 0.1) is 5.41 Å². The molecule has 0 unspecified atom stereocenters. The molecule has 37 heavy (non-hydrogen) atoms. The Morgan fingerprint density at radius 2 is 1.81 bits per heavy atom. The molecule has 2 aromatic rings. The number of methoxy groups -OCH3 is 1. The van der Waals surface area contributed by atoms with Crippen LogP contribution in [0.2, 0.25) is 0 Å². The first-order valence-corrected chi connectivity index (χ1v) is 11.9. The number of hydrogen-bond acceptors (Lipinski definition) is 7. The predicted octanol–water partition coefficient (Wildman–Crippen LogP) is 3.24. The van der Waals surface area contributed by atoms with Gasteiger partial charge in [-0.15, -0.1) is 0 Å². The molecule has 0 atom stereocenters. The van der Waals surface area contributed by atoms with Gasteiger partial charge in [0.05, 0.1) is 25.8 Å². The second kappa shape index (κ2) is 10.9. The zero-order chi connectivity index (χ0) is 27.5. The van der Waals surface area contributed by atoms with E-state index in [9.17, 15) is 14.4 Å². The van der Waals surface area contributed by atoms with Gasteiger partial charge in [-0.2, -0.15) is 0 Å². The predicted molar refractivity (Wildman–Crippen MR) is 137 cm³/mol. The zero-order valence-electron chi connectivity index (χ0n) is 22.0. The van der Waals surface area contributed by atoms with Crippen LogP contribution in [0.4, 0.5) is 0 Å². The summed E-state index contributed by atoms with van der Waals surface area (Å²) in [5.41, 5.74) is 2.25. The third kappa shape index (κ3) is 5.84. The van der Waals surface area contributed by atoms with Crippen LogP contribution in [0.3, 0.4) is 0 Å². The van der Waals surface area contributed by atoms with Crippen molar-refractivity contribution in [2.75, 3.05) is 33.9 Å². The van der Waals surface area contributed by atoms with Crippen LogP contribution in [0.1, 0.15) is 65.1 Å². The van der Waals surface area contributed by atoms with E-state index in [0.29, 0.717) is 46.9 Å². The lowest BCUT2D eigenvalue weighted by Gasteiger charge is -2.25. The molecule has 1 amide bonds. The summed E-state index contributed by atoms with van der Waals surface area (Å²) in [5.74, 6) is -0.663. The molecule has 1 heterocycles. The zero-order valence-corrected chi connectivity index (χ0v) is 22.0. The number of hydrogen-bond donors (Lipinski definition) is 3. The minimum atomic E-state index is -1.15. The average Bonchev–Trinajstić information content (AvgIpc) is 3.14. The highest BCUT2D eigenvalue weighted by atomic mass is 16.5. The maximum Gasteiger partial charge on any atom is 0.341 e. The van der Waals surface area contributed by atoms with Crippen molar-refractivity contribution in [1.29, 1.82) is 5.41 Å². The van der Waals surface area contributed by atoms with E-state index in [2.05, 4.69) is 5.32 Å². The van der Waals surface area contributed by atoms with Crippen LogP contribution in [-0.2, 0) is 16.8 Å². The highest BCUT2D eigenvalue weighted by Crippen LogP contribution is 2.40. The Balaban J connectivity index is 1.94. The van der Waals surface area contributed by atoms with E-state index in [4.69, 9.17) is 24.7 Å². The van der Waals surface area contributed by atoms with Crippen molar-refractivity contribution >= 4 is 23.5 Å². The fraction of sp³-hybridized carbons (Fsp3) is 0.407. The number of Topliss-reactive ketones (excluding diaryl/α,β-unsaturated/α-hetero) is 1. The van der Waals surface area contributed by atoms with E-state index < -0.39 is 18.0 Å². The number of rotatable bonds is 10. The van der Waals surface area contributed by atoms with Gasteiger partial charge in [0.25, 0.3) is 5.91 Å². The summed E-state index contributed by atoms with van der Waals surface area (Å²) in [6.45, 7) is 7.68. The van der Waals surface area contributed by atoms with Crippen LogP contribution < -0.4 is 19.5 Å². The Morgan fingerprint density at radius 3 is 2.38 bits per heavy atom. The monoisotopic (exact) mass is 511 g/mol. The van der Waals surface area contributed by atoms with Crippen molar-refractivity contribution in [1.82, 2.24) is 10.2 Å². The van der Waals surface area contributed by atoms with Gasteiger partial charge in [0.15, 0.2) is 23.9 Å². The molecular formula is C27H33N3O7. The number of ether oxygens (including phenoxy) is 3. The topological polar surface area (TPSA) is 138 Å². The van der Waals surface area contributed by atoms with E-state index in [1.165, 1.54) is 20.2 Å². The van der Waals surface area contributed by atoms with Gasteiger partial charge in [-0.05, 0) is 42.2 Å². The summed E-state index contributed by atoms with van der Waals surface area (Å²) in [5, 5.41) is 20.3. The second-order valence-corrected chi connectivity index (χ2v) is 9.63. The number of ketones is 1. The number of nitrogens with one attached hydrogen (secondary N) is 2. The van der Waals surface area contributed by atoms with Gasteiger partial charge < -0.3 is 29.5 Å². The third-order valence-electron chi connectivity index (χ3n) is 5.98. The lowest BCUT2D eigenvalue weighted by Crippen LogP contribution is -2.30. The molecule has 0 aromatic heterocycles. The van der Waals surface area contributed by atoms with E-state index in [-0.39, 0.29) is 29.8 Å². The Hall–Kier alpha value is -4.08. The SMILES string of the molecule is CCOc1cc2c(cc1C(=O)NC)C(=N)N(CC(=O)c1cc(OCC(=O)O)c(OC)c(C(C)(C)C)c1)C2. The highest BCUT2D eigenvalue weighted by Gasteiger charge is 2.31. The van der Waals surface area contributed by atoms with Crippen molar-refractivity contribution in [3.05, 3.63) is 52.1 Å². The molecule has 1 aliphatic heterocycles. The number of amides is 1. The summed E-state index contributed by atoms with van der Waals surface area (Å²) in [4.78, 5) is 38.5. The molecule has 0 fully saturated rings. The molecule has 0 spiro atoms. The normalized spacial score (nSPS) is 12.7. The van der Waals surface area contributed by atoms with Gasteiger partial charge in [-0.25, -0.2) is 4.79 Å². The molecule has 0 bridgehead atoms. The first-order valence-electron chi connectivity index (χ1n) is 11.9. The number of fused-ring (bicyclic) bond motifs is 1. The second-order valence-electron chi connectivity index (χ2n) is 9.63. The first-order chi connectivity index (χ1) is 17.4. The molecular weight excluding hydrogens is 478 g/mol. The molecule has 0 radical (unpaired) electrons. The van der Waals surface area contributed by atoms with Crippen LogP contribution in [0.5, 0.6) is 17.2 Å². The molecule has 10 nitrogen and oxygen atoms in total. The summed E-state index contributed by atoms with van der Waals surface area (Å²) >= 11 is 0. The Bertz CT molecular complexity index is 1250. The van der Waals surface area contributed by atoms with Gasteiger partial charge in [-0.3, -0.25) is 15.0 Å². The van der Waals surface area contributed by atoms with Crippen LogP contribution in [-0.4, -0.2) is 67.4 Å². The minimum Gasteiger partial charge on any atom is -0.493 e. The van der Waals surface area contributed by atoms with Crippen LogP contribution >= 0.6 is 0 Å². The van der Waals surface area contributed by atoms with E-state index in [1.54, 1.807) is 23.1 Å². The van der Waals surface area contributed by atoms with Gasteiger partial charge in [0, 0.05) is 30.3 Å². The minimum absolute atomic E-state index is 0.0962. The lowest BCUT2D eigenvalue weighted by atomic mass is 9.84. The van der Waals surface area contributed by atoms with Crippen LogP contribution in [0.25, 0.3) is 0 Å². The van der Waals surface area contributed by atoms with Gasteiger partial charge in [-0.1, -0.05) is 20.8 Å². The molecule has 0 saturated carbocycles. The van der Waals surface area contributed by atoms with Crippen molar-refractivity contribution in [3.8, 4) is 17.2 Å². The molecule has 198 valence electrons.